The Bertz CT molecular complexity index is 1940. The topological polar surface area (TPSA) is 97.0 Å². The molecule has 3 aliphatic heterocycles. The Hall–Kier alpha value is -4.36. The number of amides is 3. The predicted molar refractivity (Wildman–Crippen MR) is 189 cm³/mol. The maximum atomic E-state index is 13.7. The Kier molecular flexibility index (Phi) is 8.82. The van der Waals surface area contributed by atoms with E-state index in [1.165, 1.54) is 6.07 Å². The minimum absolute atomic E-state index is 0.214. The number of imidazole rings is 1. The number of carbonyl (C=O) groups excluding carboxylic acids is 2. The SMILES string of the molecule is CC1CC(c2nc3c(ccc4cc(-c5ccc(NC(=O)N6CCN(C7CCN(C(=O)C8CC8)CC7)CC6)cc5OC(F)(F)F)ccc43)[nH]2)N(C)C1. The molecule has 2 N–H and O–H groups in total. The summed E-state index contributed by atoms with van der Waals surface area (Å²) >= 11 is 0. The number of H-pyrrole nitrogens is 1. The fourth-order valence-corrected chi connectivity index (χ4v) is 8.30. The zero-order valence-electron chi connectivity index (χ0n) is 29.0. The number of aromatic amines is 1. The third kappa shape index (κ3) is 7.10. The number of aromatic nitrogens is 2. The molecule has 3 saturated heterocycles. The van der Waals surface area contributed by atoms with Crippen molar-refractivity contribution in [3.63, 3.8) is 0 Å². The molecule has 0 spiro atoms. The summed E-state index contributed by atoms with van der Waals surface area (Å²) in [6.45, 7) is 7.25. The number of alkyl halides is 3. The lowest BCUT2D eigenvalue weighted by atomic mass is 9.99. The van der Waals surface area contributed by atoms with Crippen molar-refractivity contribution in [3.05, 3.63) is 54.4 Å². The van der Waals surface area contributed by atoms with Crippen molar-refractivity contribution in [2.24, 2.45) is 11.8 Å². The molecule has 0 radical (unpaired) electrons. The van der Waals surface area contributed by atoms with Gasteiger partial charge in [-0.15, -0.1) is 13.2 Å². The monoisotopic (exact) mass is 703 g/mol. The van der Waals surface area contributed by atoms with Crippen molar-refractivity contribution in [2.75, 3.05) is 58.2 Å². The summed E-state index contributed by atoms with van der Waals surface area (Å²) in [5.74, 6) is 1.66. The molecule has 4 heterocycles. The molecule has 10 nitrogen and oxygen atoms in total. The van der Waals surface area contributed by atoms with Gasteiger partial charge in [-0.3, -0.25) is 14.6 Å². The van der Waals surface area contributed by atoms with E-state index in [0.29, 0.717) is 49.6 Å². The fourth-order valence-electron chi connectivity index (χ4n) is 8.30. The van der Waals surface area contributed by atoms with Crippen LogP contribution < -0.4 is 10.1 Å². The first-order chi connectivity index (χ1) is 24.5. The number of nitrogens with zero attached hydrogens (tertiary/aromatic N) is 5. The number of halogens is 3. The van der Waals surface area contributed by atoms with Gasteiger partial charge in [0.25, 0.3) is 0 Å². The van der Waals surface area contributed by atoms with E-state index in [4.69, 9.17) is 4.98 Å². The van der Waals surface area contributed by atoms with E-state index in [0.717, 1.165) is 79.4 Å². The molecule has 2 unspecified atom stereocenters. The summed E-state index contributed by atoms with van der Waals surface area (Å²) < 4.78 is 45.5. The largest absolute Gasteiger partial charge is 0.573 e. The van der Waals surface area contributed by atoms with E-state index in [-0.39, 0.29) is 29.2 Å². The first kappa shape index (κ1) is 33.8. The van der Waals surface area contributed by atoms with Crippen LogP contribution in [0.4, 0.5) is 23.7 Å². The van der Waals surface area contributed by atoms with Gasteiger partial charge in [0.15, 0.2) is 0 Å². The summed E-state index contributed by atoms with van der Waals surface area (Å²) in [5.41, 5.74) is 2.78. The normalized spacial score (nSPS) is 22.6. The molecule has 1 aromatic heterocycles. The van der Waals surface area contributed by atoms with E-state index in [1.54, 1.807) is 23.1 Å². The minimum Gasteiger partial charge on any atom is -0.405 e. The third-order valence-electron chi connectivity index (χ3n) is 11.1. The number of carbonyl (C=O) groups is 2. The zero-order chi connectivity index (χ0) is 35.4. The van der Waals surface area contributed by atoms with Crippen molar-refractivity contribution in [2.45, 2.75) is 57.5 Å². The van der Waals surface area contributed by atoms with Crippen molar-refractivity contribution in [1.29, 1.82) is 0 Å². The van der Waals surface area contributed by atoms with Crippen LogP contribution in [-0.2, 0) is 4.79 Å². The number of piperidine rings is 1. The summed E-state index contributed by atoms with van der Waals surface area (Å²) in [7, 11) is 2.11. The molecule has 270 valence electrons. The number of rotatable bonds is 6. The Balaban J connectivity index is 0.950. The second kappa shape index (κ2) is 13.3. The average Bonchev–Trinajstić information content (AvgIpc) is 3.78. The van der Waals surface area contributed by atoms with Crippen LogP contribution >= 0.6 is 0 Å². The maximum absolute atomic E-state index is 13.7. The first-order valence-corrected chi connectivity index (χ1v) is 18.1. The van der Waals surface area contributed by atoms with Crippen LogP contribution in [0.2, 0.25) is 0 Å². The molecule has 8 rings (SSSR count). The van der Waals surface area contributed by atoms with Gasteiger partial charge < -0.3 is 24.8 Å². The Labute approximate surface area is 294 Å². The molecule has 51 heavy (non-hydrogen) atoms. The molecule has 2 atom stereocenters. The number of nitrogens with one attached hydrogen (secondary N) is 2. The molecule has 1 aliphatic carbocycles. The van der Waals surface area contributed by atoms with Gasteiger partial charge in [0.1, 0.15) is 11.6 Å². The van der Waals surface area contributed by atoms with Gasteiger partial charge in [0, 0.05) is 80.5 Å². The number of fused-ring (bicyclic) bond motifs is 3. The molecular formula is C38H44F3N7O3. The van der Waals surface area contributed by atoms with E-state index in [1.807, 2.05) is 29.2 Å². The van der Waals surface area contributed by atoms with Crippen molar-refractivity contribution in [1.82, 2.24) is 29.6 Å². The summed E-state index contributed by atoms with van der Waals surface area (Å²) in [5, 5.41) is 4.54. The van der Waals surface area contributed by atoms with Gasteiger partial charge >= 0.3 is 12.4 Å². The maximum Gasteiger partial charge on any atom is 0.573 e. The van der Waals surface area contributed by atoms with Crippen molar-refractivity contribution >= 4 is 39.4 Å². The van der Waals surface area contributed by atoms with Crippen LogP contribution in [0.1, 0.15) is 50.9 Å². The second-order valence-corrected chi connectivity index (χ2v) is 14.9. The molecule has 3 aromatic carbocycles. The zero-order valence-corrected chi connectivity index (χ0v) is 29.0. The highest BCUT2D eigenvalue weighted by Gasteiger charge is 2.37. The van der Waals surface area contributed by atoms with Crippen LogP contribution in [-0.4, -0.2) is 107 Å². The van der Waals surface area contributed by atoms with Crippen LogP contribution in [0, 0.1) is 11.8 Å². The molecule has 4 fully saturated rings. The molecule has 1 saturated carbocycles. The number of likely N-dealkylation sites (tertiary alicyclic amines) is 2. The van der Waals surface area contributed by atoms with E-state index in [2.05, 4.69) is 38.8 Å². The van der Waals surface area contributed by atoms with Crippen LogP contribution in [0.25, 0.3) is 32.9 Å². The summed E-state index contributed by atoms with van der Waals surface area (Å²) in [6.07, 6.45) is 0.00242. The molecule has 3 amide bonds. The number of hydrogen-bond acceptors (Lipinski definition) is 6. The Morgan fingerprint density at radius 1 is 0.922 bits per heavy atom. The highest BCUT2D eigenvalue weighted by Crippen LogP contribution is 2.39. The molecule has 13 heteroatoms. The lowest BCUT2D eigenvalue weighted by molar-refractivity contribution is -0.274. The number of ether oxygens (including phenoxy) is 1. The average molecular weight is 704 g/mol. The molecule has 4 aliphatic rings. The standard InChI is InChI=1S/C38H44F3N7O3/c1-23-19-32(45(2)22-23)35-43-31-10-6-26-20-25(5-8-30(26)34(31)44-35)29-9-7-27(21-33(29)51-38(39,40)41)42-37(50)48-17-15-46(16-18-48)28-11-13-47(14-12-28)36(49)24-3-4-24/h5-10,20-21,23-24,28,32H,3-4,11-19,22H2,1-2H3,(H,42,50)(H,43,44). The number of benzene rings is 3. The highest BCUT2D eigenvalue weighted by atomic mass is 19.4. The highest BCUT2D eigenvalue weighted by molar-refractivity contribution is 6.05. The molecular weight excluding hydrogens is 659 g/mol. The van der Waals surface area contributed by atoms with Gasteiger partial charge in [0.05, 0.1) is 17.1 Å². The predicted octanol–water partition coefficient (Wildman–Crippen LogP) is 6.84. The quantitative estimate of drug-likeness (QED) is 0.228. The van der Waals surface area contributed by atoms with Gasteiger partial charge in [-0.2, -0.15) is 0 Å². The van der Waals surface area contributed by atoms with Crippen molar-refractivity contribution in [3.8, 4) is 16.9 Å². The smallest absolute Gasteiger partial charge is 0.405 e. The second-order valence-electron chi connectivity index (χ2n) is 14.9. The molecule has 0 bridgehead atoms. The number of hydrogen-bond donors (Lipinski definition) is 2. The molecule has 4 aromatic rings. The first-order valence-electron chi connectivity index (χ1n) is 18.1. The van der Waals surface area contributed by atoms with E-state index >= 15 is 0 Å². The minimum atomic E-state index is -4.92. The van der Waals surface area contributed by atoms with Gasteiger partial charge in [0.2, 0.25) is 5.91 Å². The van der Waals surface area contributed by atoms with Crippen LogP contribution in [0.3, 0.4) is 0 Å². The number of anilines is 1. The van der Waals surface area contributed by atoms with Gasteiger partial charge in [-0.1, -0.05) is 25.1 Å². The van der Waals surface area contributed by atoms with Crippen LogP contribution in [0.15, 0.2) is 48.5 Å². The van der Waals surface area contributed by atoms with E-state index < -0.39 is 12.1 Å². The lowest BCUT2D eigenvalue weighted by Gasteiger charge is -2.42. The third-order valence-corrected chi connectivity index (χ3v) is 11.1. The van der Waals surface area contributed by atoms with Gasteiger partial charge in [-0.25, -0.2) is 9.78 Å². The lowest BCUT2D eigenvalue weighted by Crippen LogP contribution is -2.55. The number of piperazine rings is 1. The summed E-state index contributed by atoms with van der Waals surface area (Å²) in [6, 6.07) is 14.1. The van der Waals surface area contributed by atoms with Gasteiger partial charge in [-0.05, 0) is 80.3 Å². The van der Waals surface area contributed by atoms with E-state index in [9.17, 15) is 22.8 Å². The fraction of sp³-hybridized carbons (Fsp3) is 0.500. The van der Waals surface area contributed by atoms with Crippen LogP contribution in [0.5, 0.6) is 5.75 Å². The van der Waals surface area contributed by atoms with Crippen molar-refractivity contribution < 1.29 is 27.5 Å². The summed E-state index contributed by atoms with van der Waals surface area (Å²) in [4.78, 5) is 42.5. The Morgan fingerprint density at radius 3 is 2.37 bits per heavy atom. The Morgan fingerprint density at radius 2 is 1.69 bits per heavy atom. The number of urea groups is 1.